The Morgan fingerprint density at radius 2 is 1.16 bits per heavy atom. The standard InChI is InChI=1S/C18H14N2O3S2/c19-13-3-1-11(7-17(13)21-9-24)15-5-6-16(23-15)12-2-4-14(20)18(8-12)22-10-25/h1-10H,19-20H2. The van der Waals surface area contributed by atoms with E-state index in [1.165, 1.54) is 0 Å². The summed E-state index contributed by atoms with van der Waals surface area (Å²) in [6.45, 7) is 0. The molecule has 0 unspecified atom stereocenters. The van der Waals surface area contributed by atoms with Gasteiger partial charge in [0.05, 0.1) is 11.4 Å². The van der Waals surface area contributed by atoms with Gasteiger partial charge in [0.2, 0.25) is 0 Å². The lowest BCUT2D eigenvalue weighted by molar-refractivity contribution is 0.581. The number of hydrogen-bond acceptors (Lipinski definition) is 7. The zero-order valence-corrected chi connectivity index (χ0v) is 14.6. The highest BCUT2D eigenvalue weighted by Crippen LogP contribution is 2.34. The Balaban J connectivity index is 1.95. The summed E-state index contributed by atoms with van der Waals surface area (Å²) in [7, 11) is 0. The third-order valence-electron chi connectivity index (χ3n) is 3.55. The van der Waals surface area contributed by atoms with E-state index in [1.54, 1.807) is 24.3 Å². The minimum atomic E-state index is 0.481. The maximum atomic E-state index is 5.94. The first kappa shape index (κ1) is 16.9. The van der Waals surface area contributed by atoms with Gasteiger partial charge in [-0.15, -0.1) is 0 Å². The van der Waals surface area contributed by atoms with E-state index < -0.39 is 0 Å². The van der Waals surface area contributed by atoms with E-state index in [4.69, 9.17) is 49.8 Å². The largest absolute Gasteiger partial charge is 0.456 e. The van der Waals surface area contributed by atoms with Crippen LogP contribution in [-0.4, -0.2) is 11.1 Å². The van der Waals surface area contributed by atoms with Gasteiger partial charge in [-0.1, -0.05) is 0 Å². The topological polar surface area (TPSA) is 83.6 Å². The molecule has 1 aromatic heterocycles. The molecule has 2 aromatic carbocycles. The second-order valence-electron chi connectivity index (χ2n) is 5.10. The maximum Gasteiger partial charge on any atom is 0.154 e. The molecular weight excluding hydrogens is 356 g/mol. The van der Waals surface area contributed by atoms with Gasteiger partial charge in [-0.3, -0.25) is 0 Å². The van der Waals surface area contributed by atoms with Crippen LogP contribution in [0.3, 0.4) is 0 Å². The van der Waals surface area contributed by atoms with Crippen molar-refractivity contribution in [2.45, 2.75) is 0 Å². The second-order valence-corrected chi connectivity index (χ2v) is 5.48. The molecule has 4 N–H and O–H groups in total. The summed E-state index contributed by atoms with van der Waals surface area (Å²) >= 11 is 9.41. The van der Waals surface area contributed by atoms with Gasteiger partial charge in [0.1, 0.15) is 11.5 Å². The van der Waals surface area contributed by atoms with Crippen LogP contribution in [-0.2, 0) is 0 Å². The van der Waals surface area contributed by atoms with Gasteiger partial charge in [-0.2, -0.15) is 0 Å². The highest BCUT2D eigenvalue weighted by Gasteiger charge is 2.11. The predicted molar refractivity (Wildman–Crippen MR) is 107 cm³/mol. The van der Waals surface area contributed by atoms with Crippen molar-refractivity contribution in [3.8, 4) is 34.1 Å². The van der Waals surface area contributed by atoms with Gasteiger partial charge < -0.3 is 25.4 Å². The Kier molecular flexibility index (Phi) is 4.97. The number of rotatable bonds is 6. The van der Waals surface area contributed by atoms with Crippen molar-refractivity contribution >= 4 is 46.9 Å². The SMILES string of the molecule is Nc1ccc(-c2ccc(-c3ccc(N)c(OC=S)c3)o2)cc1OC=S. The first-order valence-corrected chi connectivity index (χ1v) is 8.17. The Morgan fingerprint density at radius 3 is 1.56 bits per heavy atom. The molecule has 25 heavy (non-hydrogen) atoms. The van der Waals surface area contributed by atoms with E-state index >= 15 is 0 Å². The van der Waals surface area contributed by atoms with Gasteiger partial charge in [0.25, 0.3) is 0 Å². The van der Waals surface area contributed by atoms with Gasteiger partial charge in [0, 0.05) is 11.1 Å². The molecule has 0 aliphatic heterocycles. The molecule has 3 rings (SSSR count). The number of hydrogen-bond donors (Lipinski definition) is 2. The highest BCUT2D eigenvalue weighted by molar-refractivity contribution is 7.78. The Labute approximate surface area is 155 Å². The van der Waals surface area contributed by atoms with E-state index in [9.17, 15) is 0 Å². The Hall–Kier alpha value is -2.90. The van der Waals surface area contributed by atoms with Gasteiger partial charge in [0.15, 0.2) is 22.6 Å². The Bertz CT molecular complexity index is 864. The van der Waals surface area contributed by atoms with Crippen molar-refractivity contribution < 1.29 is 13.9 Å². The van der Waals surface area contributed by atoms with Crippen LogP contribution in [0.25, 0.3) is 22.6 Å². The van der Waals surface area contributed by atoms with E-state index in [0.717, 1.165) is 22.2 Å². The fourth-order valence-corrected chi connectivity index (χ4v) is 2.54. The van der Waals surface area contributed by atoms with Crippen LogP contribution >= 0.6 is 24.4 Å². The molecule has 0 fully saturated rings. The van der Waals surface area contributed by atoms with Crippen LogP contribution < -0.4 is 20.9 Å². The van der Waals surface area contributed by atoms with Crippen molar-refractivity contribution in [3.05, 3.63) is 48.5 Å². The molecular formula is C18H14N2O3S2. The summed E-state index contributed by atoms with van der Waals surface area (Å²) in [5, 5.41) is 0. The summed E-state index contributed by atoms with van der Waals surface area (Å²) in [6, 6.07) is 14.4. The molecule has 0 spiro atoms. The van der Waals surface area contributed by atoms with E-state index in [-0.39, 0.29) is 0 Å². The molecule has 0 radical (unpaired) electrons. The minimum absolute atomic E-state index is 0.481. The molecule has 1 heterocycles. The van der Waals surface area contributed by atoms with Crippen molar-refractivity contribution in [1.82, 2.24) is 0 Å². The normalized spacial score (nSPS) is 10.2. The van der Waals surface area contributed by atoms with Crippen LogP contribution in [0.2, 0.25) is 0 Å². The lowest BCUT2D eigenvalue weighted by atomic mass is 10.1. The summed E-state index contributed by atoms with van der Waals surface area (Å²) < 4.78 is 16.4. The van der Waals surface area contributed by atoms with Gasteiger partial charge >= 0.3 is 0 Å². The van der Waals surface area contributed by atoms with Crippen LogP contribution in [0.5, 0.6) is 11.5 Å². The molecule has 3 aromatic rings. The third kappa shape index (κ3) is 3.62. The summed E-state index contributed by atoms with van der Waals surface area (Å²) in [4.78, 5) is 0. The summed E-state index contributed by atoms with van der Waals surface area (Å²) in [5.74, 6) is 2.29. The predicted octanol–water partition coefficient (Wildman–Crippen LogP) is 4.45. The molecule has 0 saturated carbocycles. The van der Waals surface area contributed by atoms with Crippen LogP contribution in [0.4, 0.5) is 11.4 Å². The average molecular weight is 370 g/mol. The van der Waals surface area contributed by atoms with Crippen molar-refractivity contribution in [3.63, 3.8) is 0 Å². The number of ether oxygens (including phenoxy) is 2. The lowest BCUT2D eigenvalue weighted by Gasteiger charge is -2.06. The number of anilines is 2. The van der Waals surface area contributed by atoms with Crippen LogP contribution in [0.1, 0.15) is 0 Å². The van der Waals surface area contributed by atoms with Gasteiger partial charge in [-0.25, -0.2) is 0 Å². The van der Waals surface area contributed by atoms with Crippen molar-refractivity contribution in [2.24, 2.45) is 0 Å². The second kappa shape index (κ2) is 7.33. The molecule has 0 aliphatic rings. The zero-order chi connectivity index (χ0) is 17.8. The highest BCUT2D eigenvalue weighted by atomic mass is 32.1. The van der Waals surface area contributed by atoms with Gasteiger partial charge in [-0.05, 0) is 73.0 Å². The maximum absolute atomic E-state index is 5.94. The van der Waals surface area contributed by atoms with E-state index in [2.05, 4.69) is 0 Å². The minimum Gasteiger partial charge on any atom is -0.456 e. The molecule has 5 nitrogen and oxygen atoms in total. The summed E-state index contributed by atoms with van der Waals surface area (Å²) in [6.07, 6.45) is 0. The fourth-order valence-electron chi connectivity index (χ4n) is 2.33. The van der Waals surface area contributed by atoms with Crippen LogP contribution in [0.15, 0.2) is 52.9 Å². The summed E-state index contributed by atoms with van der Waals surface area (Å²) in [5.41, 5.74) is 16.7. The number of benzene rings is 2. The first-order chi connectivity index (χ1) is 12.1. The zero-order valence-electron chi connectivity index (χ0n) is 13.0. The Morgan fingerprint density at radius 1 is 0.720 bits per heavy atom. The average Bonchev–Trinajstić information content (AvgIpc) is 3.09. The molecule has 0 aliphatic carbocycles. The molecule has 0 atom stereocenters. The van der Waals surface area contributed by atoms with Crippen molar-refractivity contribution in [1.29, 1.82) is 0 Å². The van der Waals surface area contributed by atoms with Crippen LogP contribution in [0, 0.1) is 0 Å². The third-order valence-corrected chi connectivity index (χ3v) is 3.74. The molecule has 7 heteroatoms. The number of thiocarbonyl (C=S) groups is 2. The molecule has 0 saturated heterocycles. The fraction of sp³-hybridized carbons (Fsp3) is 0. The lowest BCUT2D eigenvalue weighted by Crippen LogP contribution is -1.94. The van der Waals surface area contributed by atoms with E-state index in [1.807, 2.05) is 24.3 Å². The number of furan rings is 1. The number of nitrogen functional groups attached to an aromatic ring is 2. The van der Waals surface area contributed by atoms with E-state index in [0.29, 0.717) is 34.4 Å². The smallest absolute Gasteiger partial charge is 0.154 e. The first-order valence-electron chi connectivity index (χ1n) is 7.22. The molecule has 0 amide bonds. The number of nitrogens with two attached hydrogens (primary N) is 2. The molecule has 0 bridgehead atoms. The molecule has 126 valence electrons. The monoisotopic (exact) mass is 370 g/mol. The quantitative estimate of drug-likeness (QED) is 0.490. The van der Waals surface area contributed by atoms with Crippen molar-refractivity contribution in [2.75, 3.05) is 11.5 Å².